The van der Waals surface area contributed by atoms with Crippen molar-refractivity contribution in [2.45, 2.75) is 27.7 Å². The number of nitrogens with two attached hydrogens (primary N) is 1. The first-order chi connectivity index (χ1) is 7.44. The zero-order valence-electron chi connectivity index (χ0n) is 10.4. The van der Waals surface area contributed by atoms with Gasteiger partial charge in [0.15, 0.2) is 5.82 Å². The Morgan fingerprint density at radius 2 is 2.06 bits per heavy atom. The van der Waals surface area contributed by atoms with Crippen LogP contribution in [0.2, 0.25) is 0 Å². The molecular formula is C11H20N4O. The van der Waals surface area contributed by atoms with Crippen molar-refractivity contribution in [1.29, 1.82) is 0 Å². The second-order valence-electron chi connectivity index (χ2n) is 4.79. The molecule has 0 aliphatic carbocycles. The number of nitrogen functional groups attached to an aromatic ring is 1. The minimum atomic E-state index is 0.170. The summed E-state index contributed by atoms with van der Waals surface area (Å²) in [6.07, 6.45) is 1.45. The molecule has 0 aliphatic rings. The van der Waals surface area contributed by atoms with Crippen molar-refractivity contribution in [3.63, 3.8) is 0 Å². The number of anilines is 2. The van der Waals surface area contributed by atoms with Gasteiger partial charge in [-0.25, -0.2) is 4.98 Å². The molecule has 1 rings (SSSR count). The first kappa shape index (κ1) is 12.5. The summed E-state index contributed by atoms with van der Waals surface area (Å²) in [6, 6.07) is 0. The van der Waals surface area contributed by atoms with E-state index in [2.05, 4.69) is 36.1 Å². The molecule has 0 atom stereocenters. The summed E-state index contributed by atoms with van der Waals surface area (Å²) in [5.74, 6) is 1.07. The Labute approximate surface area is 96.4 Å². The third-order valence-corrected chi connectivity index (χ3v) is 1.91. The Hall–Kier alpha value is -1.52. The summed E-state index contributed by atoms with van der Waals surface area (Å²) < 4.78 is 5.29. The molecule has 16 heavy (non-hydrogen) atoms. The van der Waals surface area contributed by atoms with Crippen LogP contribution in [0.25, 0.3) is 0 Å². The Balaban J connectivity index is 2.77. The van der Waals surface area contributed by atoms with Gasteiger partial charge in [-0.1, -0.05) is 20.8 Å². The average Bonchev–Trinajstić information content (AvgIpc) is 2.18. The van der Waals surface area contributed by atoms with Crippen LogP contribution in [0.15, 0.2) is 6.33 Å². The van der Waals surface area contributed by atoms with E-state index < -0.39 is 0 Å². The van der Waals surface area contributed by atoms with Crippen LogP contribution in [0.4, 0.5) is 11.5 Å². The minimum Gasteiger partial charge on any atom is -0.476 e. The Kier molecular flexibility index (Phi) is 3.93. The maximum Gasteiger partial charge on any atom is 0.242 e. The SMILES string of the molecule is CCOc1ncnc(NCC(C)(C)C)c1N. The van der Waals surface area contributed by atoms with Gasteiger partial charge in [0.05, 0.1) is 6.61 Å². The molecule has 0 fully saturated rings. The Morgan fingerprint density at radius 1 is 1.38 bits per heavy atom. The Morgan fingerprint density at radius 3 is 2.62 bits per heavy atom. The van der Waals surface area contributed by atoms with E-state index in [4.69, 9.17) is 10.5 Å². The van der Waals surface area contributed by atoms with Gasteiger partial charge in [-0.2, -0.15) is 4.98 Å². The summed E-state index contributed by atoms with van der Waals surface area (Å²) in [7, 11) is 0. The predicted molar refractivity (Wildman–Crippen MR) is 65.6 cm³/mol. The molecule has 1 aromatic rings. The first-order valence-electron chi connectivity index (χ1n) is 5.41. The molecule has 90 valence electrons. The molecule has 0 aliphatic heterocycles. The number of rotatable bonds is 4. The molecule has 0 spiro atoms. The zero-order chi connectivity index (χ0) is 12.2. The first-order valence-corrected chi connectivity index (χ1v) is 5.41. The molecule has 1 aromatic heterocycles. The fourth-order valence-electron chi connectivity index (χ4n) is 1.12. The standard InChI is InChI=1S/C11H20N4O/c1-5-16-10-8(12)9(14-7-15-10)13-6-11(2,3)4/h7H,5-6,12H2,1-4H3,(H,13,14,15). The molecule has 0 bridgehead atoms. The molecule has 0 radical (unpaired) electrons. The summed E-state index contributed by atoms with van der Waals surface area (Å²) in [5.41, 5.74) is 6.52. The number of ether oxygens (including phenoxy) is 1. The van der Waals surface area contributed by atoms with Crippen molar-refractivity contribution >= 4 is 11.5 Å². The molecule has 0 unspecified atom stereocenters. The van der Waals surface area contributed by atoms with Crippen molar-refractivity contribution in [1.82, 2.24) is 9.97 Å². The van der Waals surface area contributed by atoms with Gasteiger partial charge in [0.1, 0.15) is 12.0 Å². The lowest BCUT2D eigenvalue weighted by molar-refractivity contribution is 0.328. The highest BCUT2D eigenvalue weighted by molar-refractivity contribution is 5.66. The number of hydrogen-bond acceptors (Lipinski definition) is 5. The van der Waals surface area contributed by atoms with Gasteiger partial charge >= 0.3 is 0 Å². The van der Waals surface area contributed by atoms with Crippen LogP contribution in [0, 0.1) is 5.41 Å². The maximum atomic E-state index is 5.89. The van der Waals surface area contributed by atoms with E-state index in [-0.39, 0.29) is 5.41 Å². The second kappa shape index (κ2) is 5.01. The van der Waals surface area contributed by atoms with Crippen molar-refractivity contribution < 1.29 is 4.74 Å². The molecule has 0 aromatic carbocycles. The number of aromatic nitrogens is 2. The lowest BCUT2D eigenvalue weighted by Gasteiger charge is -2.20. The minimum absolute atomic E-state index is 0.170. The van der Waals surface area contributed by atoms with Crippen LogP contribution in [-0.4, -0.2) is 23.1 Å². The van der Waals surface area contributed by atoms with E-state index >= 15 is 0 Å². The summed E-state index contributed by atoms with van der Waals surface area (Å²) in [6.45, 7) is 9.64. The molecule has 5 nitrogen and oxygen atoms in total. The highest BCUT2D eigenvalue weighted by Gasteiger charge is 2.13. The van der Waals surface area contributed by atoms with Crippen molar-refractivity contribution in [3.05, 3.63) is 6.33 Å². The van der Waals surface area contributed by atoms with Gasteiger partial charge in [-0.05, 0) is 12.3 Å². The van der Waals surface area contributed by atoms with E-state index in [0.29, 0.717) is 24.0 Å². The van der Waals surface area contributed by atoms with E-state index in [9.17, 15) is 0 Å². The van der Waals surface area contributed by atoms with Crippen LogP contribution in [0.5, 0.6) is 5.88 Å². The van der Waals surface area contributed by atoms with Gasteiger partial charge in [-0.3, -0.25) is 0 Å². The van der Waals surface area contributed by atoms with Crippen molar-refractivity contribution in [2.24, 2.45) is 5.41 Å². The van der Waals surface area contributed by atoms with Crippen LogP contribution >= 0.6 is 0 Å². The van der Waals surface area contributed by atoms with Gasteiger partial charge in [0.2, 0.25) is 5.88 Å². The molecule has 0 saturated heterocycles. The fraction of sp³-hybridized carbons (Fsp3) is 0.636. The Bertz CT molecular complexity index is 346. The number of hydrogen-bond donors (Lipinski definition) is 2. The van der Waals surface area contributed by atoms with Gasteiger partial charge in [-0.15, -0.1) is 0 Å². The highest BCUT2D eigenvalue weighted by atomic mass is 16.5. The second-order valence-corrected chi connectivity index (χ2v) is 4.79. The molecule has 5 heteroatoms. The highest BCUT2D eigenvalue weighted by Crippen LogP contribution is 2.25. The zero-order valence-corrected chi connectivity index (χ0v) is 10.4. The molecule has 0 saturated carbocycles. The predicted octanol–water partition coefficient (Wildman–Crippen LogP) is 1.92. The van der Waals surface area contributed by atoms with Crippen LogP contribution < -0.4 is 15.8 Å². The van der Waals surface area contributed by atoms with E-state index in [1.165, 1.54) is 6.33 Å². The van der Waals surface area contributed by atoms with E-state index in [1.807, 2.05) is 6.92 Å². The fourth-order valence-corrected chi connectivity index (χ4v) is 1.12. The third-order valence-electron chi connectivity index (χ3n) is 1.91. The molecule has 3 N–H and O–H groups in total. The van der Waals surface area contributed by atoms with E-state index in [0.717, 1.165) is 6.54 Å². The lowest BCUT2D eigenvalue weighted by Crippen LogP contribution is -2.20. The smallest absolute Gasteiger partial charge is 0.242 e. The quantitative estimate of drug-likeness (QED) is 0.817. The number of nitrogens with zero attached hydrogens (tertiary/aromatic N) is 2. The average molecular weight is 224 g/mol. The van der Waals surface area contributed by atoms with Crippen LogP contribution in [-0.2, 0) is 0 Å². The normalized spacial score (nSPS) is 11.2. The number of nitrogens with one attached hydrogen (secondary N) is 1. The van der Waals surface area contributed by atoms with Crippen molar-refractivity contribution in [3.8, 4) is 5.88 Å². The lowest BCUT2D eigenvalue weighted by atomic mass is 9.97. The molecule has 0 amide bonds. The van der Waals surface area contributed by atoms with E-state index in [1.54, 1.807) is 0 Å². The van der Waals surface area contributed by atoms with Gasteiger partial charge in [0, 0.05) is 6.54 Å². The third kappa shape index (κ3) is 3.56. The monoisotopic (exact) mass is 224 g/mol. The van der Waals surface area contributed by atoms with Gasteiger partial charge < -0.3 is 15.8 Å². The van der Waals surface area contributed by atoms with Gasteiger partial charge in [0.25, 0.3) is 0 Å². The van der Waals surface area contributed by atoms with Crippen molar-refractivity contribution in [2.75, 3.05) is 24.2 Å². The largest absolute Gasteiger partial charge is 0.476 e. The summed E-state index contributed by atoms with van der Waals surface area (Å²) in [4.78, 5) is 8.07. The summed E-state index contributed by atoms with van der Waals surface area (Å²) in [5, 5.41) is 3.20. The van der Waals surface area contributed by atoms with Crippen LogP contribution in [0.3, 0.4) is 0 Å². The molecular weight excluding hydrogens is 204 g/mol. The molecule has 1 heterocycles. The topological polar surface area (TPSA) is 73.1 Å². The maximum absolute atomic E-state index is 5.89. The summed E-state index contributed by atoms with van der Waals surface area (Å²) >= 11 is 0. The van der Waals surface area contributed by atoms with Crippen LogP contribution in [0.1, 0.15) is 27.7 Å².